The van der Waals surface area contributed by atoms with Gasteiger partial charge in [-0.2, -0.15) is 0 Å². The second kappa shape index (κ2) is 5.61. The molecule has 0 aliphatic heterocycles. The normalized spacial score (nSPS) is 12.6. The zero-order valence-electron chi connectivity index (χ0n) is 5.76. The number of nitrogens with two attached hydrogens (primary N) is 1. The molecule has 0 saturated heterocycles. The lowest BCUT2D eigenvalue weighted by Crippen LogP contribution is -2.25. The highest BCUT2D eigenvalue weighted by molar-refractivity contribution is 4.88. The van der Waals surface area contributed by atoms with E-state index in [0.29, 0.717) is 19.6 Å². The fraction of sp³-hybridized carbons (Fsp3) is 0.714. The zero-order chi connectivity index (χ0) is 7.11. The summed E-state index contributed by atoms with van der Waals surface area (Å²) >= 11 is 0. The third-order valence-electron chi connectivity index (χ3n) is 0.916. The predicted molar refractivity (Wildman–Crippen MR) is 37.9 cm³/mol. The monoisotopic (exact) mass is 127 g/mol. The van der Waals surface area contributed by atoms with Gasteiger partial charge in [0.25, 0.3) is 0 Å². The molecule has 0 fully saturated rings. The molecule has 0 heterocycles. The summed E-state index contributed by atoms with van der Waals surface area (Å²) in [6.07, 6.45) is 5.61. The maximum Gasteiger partial charge on any atom is 0.0626 e. The second-order valence-corrected chi connectivity index (χ2v) is 1.83. The van der Waals surface area contributed by atoms with Gasteiger partial charge >= 0.3 is 0 Å². The van der Waals surface area contributed by atoms with Crippen LogP contribution in [0.5, 0.6) is 0 Å². The Labute approximate surface area is 56.4 Å². The fourth-order valence-electron chi connectivity index (χ4n) is 0.480. The Kier molecular flexibility index (Phi) is 5.29. The first-order valence-corrected chi connectivity index (χ1v) is 3.08. The fourth-order valence-corrected chi connectivity index (χ4v) is 0.480. The Morgan fingerprint density at radius 1 is 1.78 bits per heavy atom. The highest BCUT2D eigenvalue weighted by atomic mass is 16.5. The van der Waals surface area contributed by atoms with Gasteiger partial charge in [0.2, 0.25) is 0 Å². The molecule has 0 aromatic heterocycles. The van der Waals surface area contributed by atoms with Crippen LogP contribution in [-0.2, 0) is 4.74 Å². The van der Waals surface area contributed by atoms with Crippen LogP contribution in [0.25, 0.3) is 0 Å². The molecule has 0 amide bonds. The summed E-state index contributed by atoms with van der Waals surface area (Å²) in [7, 11) is 0. The largest absolute Gasteiger partial charge is 0.380 e. The van der Waals surface area contributed by atoms with Crippen LogP contribution < -0.4 is 5.73 Å². The third-order valence-corrected chi connectivity index (χ3v) is 0.916. The summed E-state index contributed by atoms with van der Waals surface area (Å²) in [5.41, 5.74) is 5.50. The summed E-state index contributed by atoms with van der Waals surface area (Å²) < 4.78 is 5.03. The maximum absolute atomic E-state index is 5.50. The maximum atomic E-state index is 5.50. The molecule has 0 bridgehead atoms. The number of terminal acetylenes is 1. The summed E-state index contributed by atoms with van der Waals surface area (Å²) in [4.78, 5) is 0. The van der Waals surface area contributed by atoms with Gasteiger partial charge in [-0.3, -0.25) is 0 Å². The van der Waals surface area contributed by atoms with Gasteiger partial charge in [-0.1, -0.05) is 0 Å². The van der Waals surface area contributed by atoms with Crippen LogP contribution in [0.4, 0.5) is 0 Å². The minimum absolute atomic E-state index is 0.00921. The molecular weight excluding hydrogens is 114 g/mol. The minimum atomic E-state index is 0.00921. The minimum Gasteiger partial charge on any atom is -0.380 e. The van der Waals surface area contributed by atoms with E-state index in [9.17, 15) is 0 Å². The SMILES string of the molecule is C#CCC(N)COCC. The second-order valence-electron chi connectivity index (χ2n) is 1.83. The Morgan fingerprint density at radius 3 is 2.89 bits per heavy atom. The van der Waals surface area contributed by atoms with Gasteiger partial charge in [-0.05, 0) is 6.92 Å². The van der Waals surface area contributed by atoms with E-state index >= 15 is 0 Å². The molecule has 2 nitrogen and oxygen atoms in total. The van der Waals surface area contributed by atoms with Crippen molar-refractivity contribution in [1.82, 2.24) is 0 Å². The van der Waals surface area contributed by atoms with E-state index in [4.69, 9.17) is 16.9 Å². The van der Waals surface area contributed by atoms with Crippen molar-refractivity contribution in [2.45, 2.75) is 19.4 Å². The summed E-state index contributed by atoms with van der Waals surface area (Å²) in [5, 5.41) is 0. The molecule has 0 rings (SSSR count). The van der Waals surface area contributed by atoms with Crippen LogP contribution in [0.15, 0.2) is 0 Å². The zero-order valence-corrected chi connectivity index (χ0v) is 5.76. The van der Waals surface area contributed by atoms with Crippen LogP contribution >= 0.6 is 0 Å². The van der Waals surface area contributed by atoms with Crippen molar-refractivity contribution < 1.29 is 4.74 Å². The number of hydrogen-bond donors (Lipinski definition) is 1. The van der Waals surface area contributed by atoms with Crippen LogP contribution in [0, 0.1) is 12.3 Å². The van der Waals surface area contributed by atoms with E-state index in [1.165, 1.54) is 0 Å². The Balaban J connectivity index is 3.08. The van der Waals surface area contributed by atoms with E-state index in [0.717, 1.165) is 0 Å². The Hall–Kier alpha value is -0.520. The molecule has 0 saturated carbocycles. The first-order chi connectivity index (χ1) is 4.31. The topological polar surface area (TPSA) is 35.2 Å². The van der Waals surface area contributed by atoms with Crippen molar-refractivity contribution in [3.05, 3.63) is 0 Å². The van der Waals surface area contributed by atoms with Crippen molar-refractivity contribution >= 4 is 0 Å². The van der Waals surface area contributed by atoms with Crippen LogP contribution in [-0.4, -0.2) is 19.3 Å². The summed E-state index contributed by atoms with van der Waals surface area (Å²) in [5.74, 6) is 2.47. The third kappa shape index (κ3) is 5.35. The average Bonchev–Trinajstić information content (AvgIpc) is 1.85. The van der Waals surface area contributed by atoms with Crippen molar-refractivity contribution in [3.8, 4) is 12.3 Å². The lowest BCUT2D eigenvalue weighted by molar-refractivity contribution is 0.134. The molecule has 1 unspecified atom stereocenters. The molecule has 0 spiro atoms. The highest BCUT2D eigenvalue weighted by Gasteiger charge is 1.97. The Morgan fingerprint density at radius 2 is 2.44 bits per heavy atom. The predicted octanol–water partition coefficient (Wildman–Crippen LogP) is 0.373. The molecule has 0 radical (unpaired) electrons. The van der Waals surface area contributed by atoms with Gasteiger partial charge < -0.3 is 10.5 Å². The van der Waals surface area contributed by atoms with Crippen molar-refractivity contribution in [3.63, 3.8) is 0 Å². The van der Waals surface area contributed by atoms with Gasteiger partial charge in [0.15, 0.2) is 0 Å². The van der Waals surface area contributed by atoms with Gasteiger partial charge in [-0.15, -0.1) is 12.3 Å². The molecule has 0 aliphatic carbocycles. The van der Waals surface area contributed by atoms with Gasteiger partial charge in [-0.25, -0.2) is 0 Å². The van der Waals surface area contributed by atoms with Crippen molar-refractivity contribution in [1.29, 1.82) is 0 Å². The molecule has 0 aromatic carbocycles. The molecule has 9 heavy (non-hydrogen) atoms. The Bertz CT molecular complexity index is 95.6. The van der Waals surface area contributed by atoms with Gasteiger partial charge in [0.05, 0.1) is 6.61 Å². The molecule has 0 aliphatic rings. The quantitative estimate of drug-likeness (QED) is 0.554. The smallest absolute Gasteiger partial charge is 0.0626 e. The number of rotatable bonds is 4. The average molecular weight is 127 g/mol. The van der Waals surface area contributed by atoms with E-state index in [-0.39, 0.29) is 6.04 Å². The van der Waals surface area contributed by atoms with E-state index in [1.54, 1.807) is 0 Å². The molecular formula is C7H13NO. The van der Waals surface area contributed by atoms with E-state index < -0.39 is 0 Å². The standard InChI is InChI=1S/C7H13NO/c1-3-5-7(8)6-9-4-2/h1,7H,4-6,8H2,2H3. The molecule has 0 aromatic rings. The lowest BCUT2D eigenvalue weighted by atomic mass is 10.2. The number of hydrogen-bond acceptors (Lipinski definition) is 2. The van der Waals surface area contributed by atoms with Crippen molar-refractivity contribution in [2.24, 2.45) is 5.73 Å². The first kappa shape index (κ1) is 8.48. The first-order valence-electron chi connectivity index (χ1n) is 3.08. The molecule has 2 N–H and O–H groups in total. The highest BCUT2D eigenvalue weighted by Crippen LogP contribution is 1.85. The molecule has 2 heteroatoms. The van der Waals surface area contributed by atoms with Crippen LogP contribution in [0.1, 0.15) is 13.3 Å². The van der Waals surface area contributed by atoms with Crippen LogP contribution in [0.2, 0.25) is 0 Å². The van der Waals surface area contributed by atoms with Crippen LogP contribution in [0.3, 0.4) is 0 Å². The van der Waals surface area contributed by atoms with E-state index in [2.05, 4.69) is 5.92 Å². The summed E-state index contributed by atoms with van der Waals surface area (Å²) in [6, 6.07) is 0.00921. The van der Waals surface area contributed by atoms with Crippen molar-refractivity contribution in [2.75, 3.05) is 13.2 Å². The van der Waals surface area contributed by atoms with E-state index in [1.807, 2.05) is 6.92 Å². The molecule has 52 valence electrons. The van der Waals surface area contributed by atoms with Gasteiger partial charge in [0.1, 0.15) is 0 Å². The molecule has 1 atom stereocenters. The summed E-state index contributed by atoms with van der Waals surface area (Å²) in [6.45, 7) is 3.21. The number of ether oxygens (including phenoxy) is 1. The lowest BCUT2D eigenvalue weighted by Gasteiger charge is -2.05. The van der Waals surface area contributed by atoms with Gasteiger partial charge in [0, 0.05) is 19.1 Å².